The molecule has 0 aliphatic heterocycles. The van der Waals surface area contributed by atoms with Gasteiger partial charge in [0.15, 0.2) is 0 Å². The van der Waals surface area contributed by atoms with Gasteiger partial charge in [-0.3, -0.25) is 0 Å². The molecule has 0 radical (unpaired) electrons. The van der Waals surface area contributed by atoms with Crippen molar-refractivity contribution in [3.63, 3.8) is 0 Å². The van der Waals surface area contributed by atoms with E-state index in [1.807, 2.05) is 0 Å². The molecule has 9 aromatic carbocycles. The fourth-order valence-corrected chi connectivity index (χ4v) is 8.70. The molecule has 1 nitrogen and oxygen atoms in total. The van der Waals surface area contributed by atoms with Gasteiger partial charge in [-0.25, -0.2) is 0 Å². The summed E-state index contributed by atoms with van der Waals surface area (Å²) in [6, 6.07) is 77.6. The Hall–Kier alpha value is -6.96. The van der Waals surface area contributed by atoms with Crippen molar-refractivity contribution in [2.24, 2.45) is 0 Å². The topological polar surface area (TPSA) is 3.24 Å². The monoisotopic (exact) mass is 715 g/mol. The highest BCUT2D eigenvalue weighted by molar-refractivity contribution is 5.94. The molecule has 0 amide bonds. The molecule has 0 saturated carbocycles. The molecule has 0 spiro atoms. The Labute approximate surface area is 329 Å². The predicted octanol–water partition coefficient (Wildman–Crippen LogP) is 15.3. The van der Waals surface area contributed by atoms with E-state index in [0.29, 0.717) is 0 Å². The highest BCUT2D eigenvalue weighted by Crippen LogP contribution is 2.50. The predicted molar refractivity (Wildman–Crippen MR) is 238 cm³/mol. The molecule has 0 unspecified atom stereocenters. The first kappa shape index (κ1) is 33.6. The molecule has 0 bridgehead atoms. The third kappa shape index (κ3) is 5.90. The van der Waals surface area contributed by atoms with E-state index in [2.05, 4.69) is 231 Å². The Morgan fingerprint density at radius 1 is 0.286 bits per heavy atom. The molecule has 9 aromatic rings. The van der Waals surface area contributed by atoms with E-state index >= 15 is 0 Å². The first-order valence-corrected chi connectivity index (χ1v) is 19.5. The summed E-state index contributed by atoms with van der Waals surface area (Å²) in [7, 11) is 0. The Balaban J connectivity index is 1.08. The van der Waals surface area contributed by atoms with Gasteiger partial charge in [-0.1, -0.05) is 178 Å². The molecule has 1 aliphatic rings. The zero-order chi connectivity index (χ0) is 37.6. The van der Waals surface area contributed by atoms with Gasteiger partial charge >= 0.3 is 0 Å². The van der Waals surface area contributed by atoms with Crippen LogP contribution in [0.5, 0.6) is 0 Å². The lowest BCUT2D eigenvalue weighted by Crippen LogP contribution is -2.14. The van der Waals surface area contributed by atoms with Crippen LogP contribution in [0.2, 0.25) is 0 Å². The van der Waals surface area contributed by atoms with Crippen LogP contribution in [-0.4, -0.2) is 0 Å². The van der Waals surface area contributed by atoms with Crippen LogP contribution in [0.3, 0.4) is 0 Å². The molecular formula is C55H41N. The van der Waals surface area contributed by atoms with E-state index < -0.39 is 0 Å². The van der Waals surface area contributed by atoms with Gasteiger partial charge in [0.1, 0.15) is 0 Å². The van der Waals surface area contributed by atoms with Gasteiger partial charge in [-0.2, -0.15) is 0 Å². The Morgan fingerprint density at radius 3 is 1.50 bits per heavy atom. The number of benzene rings is 9. The molecule has 1 heteroatoms. The lowest BCUT2D eigenvalue weighted by Gasteiger charge is -2.27. The molecule has 56 heavy (non-hydrogen) atoms. The number of nitrogens with zero attached hydrogens (tertiary/aromatic N) is 1. The van der Waals surface area contributed by atoms with Crippen LogP contribution in [-0.2, 0) is 5.41 Å². The molecule has 1 aliphatic carbocycles. The van der Waals surface area contributed by atoms with Gasteiger partial charge in [0.2, 0.25) is 0 Å². The minimum Gasteiger partial charge on any atom is -0.310 e. The van der Waals surface area contributed by atoms with Crippen molar-refractivity contribution in [1.82, 2.24) is 0 Å². The molecule has 0 saturated heterocycles. The number of rotatable bonds is 7. The van der Waals surface area contributed by atoms with Crippen molar-refractivity contribution < 1.29 is 0 Å². The minimum absolute atomic E-state index is 0.0416. The fraction of sp³-hybridized carbons (Fsp3) is 0.0545. The quantitative estimate of drug-likeness (QED) is 0.159. The van der Waals surface area contributed by atoms with Gasteiger partial charge in [-0.15, -0.1) is 0 Å². The zero-order valence-electron chi connectivity index (χ0n) is 31.7. The van der Waals surface area contributed by atoms with Gasteiger partial charge in [-0.05, 0) is 126 Å². The Kier molecular flexibility index (Phi) is 8.23. The summed E-state index contributed by atoms with van der Waals surface area (Å²) >= 11 is 0. The molecule has 0 heterocycles. The van der Waals surface area contributed by atoms with Crippen LogP contribution in [0.4, 0.5) is 17.1 Å². The van der Waals surface area contributed by atoms with E-state index in [4.69, 9.17) is 0 Å². The van der Waals surface area contributed by atoms with Crippen molar-refractivity contribution in [2.45, 2.75) is 19.3 Å². The summed E-state index contributed by atoms with van der Waals surface area (Å²) in [4.78, 5) is 2.39. The number of fused-ring (bicyclic) bond motifs is 4. The Morgan fingerprint density at radius 2 is 0.786 bits per heavy atom. The smallest absolute Gasteiger partial charge is 0.0468 e. The highest BCUT2D eigenvalue weighted by atomic mass is 15.1. The summed E-state index contributed by atoms with van der Waals surface area (Å²) in [6.07, 6.45) is 0. The lowest BCUT2D eigenvalue weighted by molar-refractivity contribution is 0.660. The molecule has 0 aromatic heterocycles. The maximum absolute atomic E-state index is 2.40. The van der Waals surface area contributed by atoms with E-state index in [0.717, 1.165) is 17.1 Å². The van der Waals surface area contributed by atoms with E-state index in [1.165, 1.54) is 77.5 Å². The van der Waals surface area contributed by atoms with Gasteiger partial charge in [0.25, 0.3) is 0 Å². The molecule has 0 N–H and O–H groups in total. The Bertz CT molecular complexity index is 2850. The van der Waals surface area contributed by atoms with Gasteiger partial charge in [0.05, 0.1) is 0 Å². The molecule has 0 fully saturated rings. The minimum atomic E-state index is -0.0416. The maximum atomic E-state index is 2.40. The summed E-state index contributed by atoms with van der Waals surface area (Å²) in [5, 5.41) is 2.49. The van der Waals surface area contributed by atoms with Crippen molar-refractivity contribution in [3.05, 3.63) is 223 Å². The molecule has 266 valence electrons. The summed E-state index contributed by atoms with van der Waals surface area (Å²) in [5.41, 5.74) is 18.4. The number of anilines is 3. The van der Waals surface area contributed by atoms with Crippen LogP contribution in [0, 0.1) is 0 Å². The van der Waals surface area contributed by atoms with Crippen molar-refractivity contribution >= 4 is 27.8 Å². The van der Waals surface area contributed by atoms with E-state index in [-0.39, 0.29) is 5.41 Å². The van der Waals surface area contributed by atoms with Crippen LogP contribution in [0.25, 0.3) is 66.4 Å². The lowest BCUT2D eigenvalue weighted by atomic mass is 9.81. The highest BCUT2D eigenvalue weighted by Gasteiger charge is 2.35. The van der Waals surface area contributed by atoms with Crippen LogP contribution in [0.15, 0.2) is 212 Å². The third-order valence-corrected chi connectivity index (χ3v) is 11.7. The van der Waals surface area contributed by atoms with E-state index in [9.17, 15) is 0 Å². The SMILES string of the molecule is CC1(C)c2ccccc2-c2ccc(-c3ccc(N(c4ccc(-c5ccccc5)cc4)c4ccc(-c5ccc6ccccc6c5)c(-c5ccccc5)c4)cc3)cc21. The van der Waals surface area contributed by atoms with Gasteiger partial charge in [0, 0.05) is 22.5 Å². The normalized spacial score (nSPS) is 12.6. The average Bonchev–Trinajstić information content (AvgIpc) is 3.50. The van der Waals surface area contributed by atoms with E-state index in [1.54, 1.807) is 0 Å². The average molecular weight is 716 g/mol. The fourth-order valence-electron chi connectivity index (χ4n) is 8.70. The van der Waals surface area contributed by atoms with Crippen LogP contribution >= 0.6 is 0 Å². The van der Waals surface area contributed by atoms with Crippen LogP contribution < -0.4 is 4.90 Å². The second-order valence-corrected chi connectivity index (χ2v) is 15.4. The summed E-state index contributed by atoms with van der Waals surface area (Å²) in [6.45, 7) is 4.70. The molecule has 10 rings (SSSR count). The molecule has 0 atom stereocenters. The second-order valence-electron chi connectivity index (χ2n) is 15.4. The third-order valence-electron chi connectivity index (χ3n) is 11.7. The first-order chi connectivity index (χ1) is 27.5. The summed E-state index contributed by atoms with van der Waals surface area (Å²) < 4.78 is 0. The molecular weight excluding hydrogens is 675 g/mol. The second kappa shape index (κ2) is 13.7. The van der Waals surface area contributed by atoms with Crippen LogP contribution in [0.1, 0.15) is 25.0 Å². The maximum Gasteiger partial charge on any atom is 0.0468 e. The number of hydrogen-bond acceptors (Lipinski definition) is 1. The summed E-state index contributed by atoms with van der Waals surface area (Å²) in [5.74, 6) is 0. The standard InChI is InChI=1S/C55H41N/c1-55(2)53-20-12-11-19-50(53)51-33-27-44(36-54(51)55)41-25-30-47(31-26-41)56(46-28-23-40(24-29-46)38-13-5-3-6-14-38)48-32-34-49(52(37-48)42-16-7-4-8-17-42)45-22-21-39-15-9-10-18-43(39)35-45/h3-37H,1-2H3. The number of hydrogen-bond donors (Lipinski definition) is 0. The largest absolute Gasteiger partial charge is 0.310 e. The van der Waals surface area contributed by atoms with Crippen molar-refractivity contribution in [3.8, 4) is 55.6 Å². The zero-order valence-corrected chi connectivity index (χ0v) is 31.7. The van der Waals surface area contributed by atoms with Gasteiger partial charge < -0.3 is 4.90 Å². The van der Waals surface area contributed by atoms with Crippen molar-refractivity contribution in [1.29, 1.82) is 0 Å². The first-order valence-electron chi connectivity index (χ1n) is 19.5. The van der Waals surface area contributed by atoms with Crippen molar-refractivity contribution in [2.75, 3.05) is 4.90 Å².